The Morgan fingerprint density at radius 1 is 1.24 bits per heavy atom. The van der Waals surface area contributed by atoms with Crippen molar-refractivity contribution in [2.24, 2.45) is 5.41 Å². The van der Waals surface area contributed by atoms with Crippen molar-refractivity contribution in [3.63, 3.8) is 0 Å². The van der Waals surface area contributed by atoms with Gasteiger partial charge in [-0.05, 0) is 29.5 Å². The SMILES string of the molecule is CC1(C)CC(=O)C2=C(C1)NC(=O)C[C@@H]2c1cccc(O)c1. The van der Waals surface area contributed by atoms with Crippen LogP contribution in [0, 0.1) is 5.41 Å². The third-order valence-electron chi connectivity index (χ3n) is 4.22. The van der Waals surface area contributed by atoms with Gasteiger partial charge in [-0.2, -0.15) is 0 Å². The highest BCUT2D eigenvalue weighted by molar-refractivity contribution is 6.02. The number of Topliss-reactive ketones (excluding diaryl/α,β-unsaturated/α-hetero) is 1. The maximum atomic E-state index is 12.5. The van der Waals surface area contributed by atoms with Crippen molar-refractivity contribution in [2.75, 3.05) is 0 Å². The molecule has 2 aliphatic rings. The molecule has 0 fully saturated rings. The van der Waals surface area contributed by atoms with E-state index in [4.69, 9.17) is 0 Å². The van der Waals surface area contributed by atoms with E-state index >= 15 is 0 Å². The van der Waals surface area contributed by atoms with Gasteiger partial charge in [-0.3, -0.25) is 9.59 Å². The minimum Gasteiger partial charge on any atom is -0.508 e. The van der Waals surface area contributed by atoms with Gasteiger partial charge in [-0.1, -0.05) is 26.0 Å². The van der Waals surface area contributed by atoms with Crippen molar-refractivity contribution < 1.29 is 14.7 Å². The van der Waals surface area contributed by atoms with Crippen LogP contribution in [0.3, 0.4) is 0 Å². The van der Waals surface area contributed by atoms with Gasteiger partial charge in [-0.15, -0.1) is 0 Å². The van der Waals surface area contributed by atoms with Gasteiger partial charge in [0.15, 0.2) is 5.78 Å². The van der Waals surface area contributed by atoms with E-state index < -0.39 is 0 Å². The first-order chi connectivity index (χ1) is 9.85. The summed E-state index contributed by atoms with van der Waals surface area (Å²) < 4.78 is 0. The quantitative estimate of drug-likeness (QED) is 0.833. The standard InChI is InChI=1S/C17H19NO3/c1-17(2)8-13-16(14(20)9-17)12(7-15(21)18-13)10-4-3-5-11(19)6-10/h3-6,12,19H,7-9H2,1-2H3,(H,18,21)/t12-/m1/s1. The Kier molecular flexibility index (Phi) is 3.12. The van der Waals surface area contributed by atoms with Gasteiger partial charge < -0.3 is 10.4 Å². The van der Waals surface area contributed by atoms with Gasteiger partial charge in [0, 0.05) is 30.0 Å². The summed E-state index contributed by atoms with van der Waals surface area (Å²) in [6, 6.07) is 6.84. The Hall–Kier alpha value is -2.10. The average Bonchev–Trinajstić information content (AvgIpc) is 2.35. The first-order valence-electron chi connectivity index (χ1n) is 7.21. The van der Waals surface area contributed by atoms with Crippen LogP contribution in [0.25, 0.3) is 0 Å². The lowest BCUT2D eigenvalue weighted by atomic mass is 9.70. The number of carbonyl (C=O) groups is 2. The zero-order chi connectivity index (χ0) is 15.2. The van der Waals surface area contributed by atoms with E-state index in [1.54, 1.807) is 18.2 Å². The summed E-state index contributed by atoms with van der Waals surface area (Å²) in [7, 11) is 0. The van der Waals surface area contributed by atoms with E-state index in [0.29, 0.717) is 12.8 Å². The third-order valence-corrected chi connectivity index (χ3v) is 4.22. The molecule has 1 heterocycles. The van der Waals surface area contributed by atoms with Gasteiger partial charge in [0.1, 0.15) is 5.75 Å². The fourth-order valence-corrected chi connectivity index (χ4v) is 3.38. The molecule has 0 spiro atoms. The van der Waals surface area contributed by atoms with Crippen LogP contribution in [-0.2, 0) is 9.59 Å². The molecule has 2 N–H and O–H groups in total. The lowest BCUT2D eigenvalue weighted by molar-refractivity contribution is -0.122. The van der Waals surface area contributed by atoms with Crippen LogP contribution in [0.2, 0.25) is 0 Å². The van der Waals surface area contributed by atoms with Crippen LogP contribution >= 0.6 is 0 Å². The summed E-state index contributed by atoms with van der Waals surface area (Å²) in [6.07, 6.45) is 1.46. The van der Waals surface area contributed by atoms with E-state index in [1.165, 1.54) is 0 Å². The highest BCUT2D eigenvalue weighted by Gasteiger charge is 2.40. The fourth-order valence-electron chi connectivity index (χ4n) is 3.38. The van der Waals surface area contributed by atoms with Crippen LogP contribution in [0.15, 0.2) is 35.5 Å². The molecule has 1 aromatic carbocycles. The minimum atomic E-state index is -0.246. The van der Waals surface area contributed by atoms with Crippen LogP contribution in [0.1, 0.15) is 44.6 Å². The molecular formula is C17H19NO3. The summed E-state index contributed by atoms with van der Waals surface area (Å²) in [4.78, 5) is 24.5. The number of hydrogen-bond donors (Lipinski definition) is 2. The molecule has 0 unspecified atom stereocenters. The second-order valence-corrected chi connectivity index (χ2v) is 6.73. The highest BCUT2D eigenvalue weighted by Crippen LogP contribution is 2.44. The number of aromatic hydroxyl groups is 1. The van der Waals surface area contributed by atoms with Crippen molar-refractivity contribution in [1.29, 1.82) is 0 Å². The number of benzene rings is 1. The predicted molar refractivity (Wildman–Crippen MR) is 78.7 cm³/mol. The predicted octanol–water partition coefficient (Wildman–Crippen LogP) is 2.64. The number of phenolic OH excluding ortho intramolecular Hbond substituents is 1. The monoisotopic (exact) mass is 285 g/mol. The molecular weight excluding hydrogens is 266 g/mol. The van der Waals surface area contributed by atoms with Crippen molar-refractivity contribution in [3.05, 3.63) is 41.1 Å². The summed E-state index contributed by atoms with van der Waals surface area (Å²) in [5, 5.41) is 12.5. The molecule has 1 aliphatic heterocycles. The number of carbonyl (C=O) groups excluding carboxylic acids is 2. The molecule has 1 aromatic rings. The third kappa shape index (κ3) is 2.58. The number of rotatable bonds is 1. The Morgan fingerprint density at radius 3 is 2.71 bits per heavy atom. The molecule has 0 saturated heterocycles. The minimum absolute atomic E-state index is 0.0624. The second-order valence-electron chi connectivity index (χ2n) is 6.73. The molecule has 3 rings (SSSR count). The lowest BCUT2D eigenvalue weighted by Crippen LogP contribution is -2.40. The smallest absolute Gasteiger partial charge is 0.225 e. The Bertz CT molecular complexity index is 658. The highest BCUT2D eigenvalue weighted by atomic mass is 16.3. The molecule has 0 aromatic heterocycles. The maximum Gasteiger partial charge on any atom is 0.225 e. The number of amides is 1. The molecule has 4 nitrogen and oxygen atoms in total. The van der Waals surface area contributed by atoms with E-state index in [-0.39, 0.29) is 35.2 Å². The van der Waals surface area contributed by atoms with Crippen molar-refractivity contribution in [2.45, 2.75) is 39.0 Å². The normalized spacial score (nSPS) is 24.6. The number of nitrogens with one attached hydrogen (secondary N) is 1. The van der Waals surface area contributed by atoms with Gasteiger partial charge in [0.05, 0.1) is 0 Å². The number of allylic oxidation sites excluding steroid dienone is 2. The number of hydrogen-bond acceptors (Lipinski definition) is 3. The maximum absolute atomic E-state index is 12.5. The van der Waals surface area contributed by atoms with E-state index in [0.717, 1.165) is 16.8 Å². The van der Waals surface area contributed by atoms with Crippen LogP contribution in [0.5, 0.6) is 5.75 Å². The van der Waals surface area contributed by atoms with Gasteiger partial charge in [0.2, 0.25) is 5.91 Å². The summed E-state index contributed by atoms with van der Waals surface area (Å²) in [5.41, 5.74) is 2.19. The molecule has 110 valence electrons. The summed E-state index contributed by atoms with van der Waals surface area (Å²) in [5.74, 6) is -0.0455. The summed E-state index contributed by atoms with van der Waals surface area (Å²) >= 11 is 0. The molecule has 0 bridgehead atoms. The first kappa shape index (κ1) is 13.9. The van der Waals surface area contributed by atoms with E-state index in [2.05, 4.69) is 5.32 Å². The molecule has 21 heavy (non-hydrogen) atoms. The Balaban J connectivity index is 2.08. The van der Waals surface area contributed by atoms with Crippen LogP contribution < -0.4 is 5.32 Å². The molecule has 4 heteroatoms. The number of ketones is 1. The zero-order valence-electron chi connectivity index (χ0n) is 12.3. The molecule has 1 amide bonds. The van der Waals surface area contributed by atoms with Gasteiger partial charge >= 0.3 is 0 Å². The van der Waals surface area contributed by atoms with Gasteiger partial charge in [-0.25, -0.2) is 0 Å². The fraction of sp³-hybridized carbons (Fsp3) is 0.412. The van der Waals surface area contributed by atoms with E-state index in [1.807, 2.05) is 19.9 Å². The second kappa shape index (κ2) is 4.72. The Labute approximate surface area is 123 Å². The van der Waals surface area contributed by atoms with Crippen molar-refractivity contribution in [3.8, 4) is 5.75 Å². The van der Waals surface area contributed by atoms with Crippen LogP contribution in [0.4, 0.5) is 0 Å². The van der Waals surface area contributed by atoms with E-state index in [9.17, 15) is 14.7 Å². The Morgan fingerprint density at radius 2 is 2.00 bits per heavy atom. The average molecular weight is 285 g/mol. The van der Waals surface area contributed by atoms with Crippen molar-refractivity contribution >= 4 is 11.7 Å². The van der Waals surface area contributed by atoms with Gasteiger partial charge in [0.25, 0.3) is 0 Å². The topological polar surface area (TPSA) is 66.4 Å². The lowest BCUT2D eigenvalue weighted by Gasteiger charge is -2.37. The van der Waals surface area contributed by atoms with Crippen molar-refractivity contribution in [1.82, 2.24) is 5.32 Å². The molecule has 0 saturated carbocycles. The largest absolute Gasteiger partial charge is 0.508 e. The molecule has 1 atom stereocenters. The number of phenols is 1. The summed E-state index contributed by atoms with van der Waals surface area (Å²) in [6.45, 7) is 4.08. The van der Waals surface area contributed by atoms with Crippen LogP contribution in [-0.4, -0.2) is 16.8 Å². The zero-order valence-corrected chi connectivity index (χ0v) is 12.3. The molecule has 1 aliphatic carbocycles. The molecule has 0 radical (unpaired) electrons. The first-order valence-corrected chi connectivity index (χ1v) is 7.21.